The zero-order valence-electron chi connectivity index (χ0n) is 16.0. The van der Waals surface area contributed by atoms with Gasteiger partial charge < -0.3 is 10.1 Å². The quantitative estimate of drug-likeness (QED) is 0.619. The fourth-order valence-corrected chi connectivity index (χ4v) is 3.20. The second kappa shape index (κ2) is 8.74. The molecule has 0 radical (unpaired) electrons. The Kier molecular flexibility index (Phi) is 6.13. The van der Waals surface area contributed by atoms with Crippen molar-refractivity contribution in [2.75, 3.05) is 16.3 Å². The average Bonchev–Trinajstić information content (AvgIpc) is 2.68. The van der Waals surface area contributed by atoms with E-state index in [-0.39, 0.29) is 5.91 Å². The number of ether oxygens (including phenoxy) is 1. The maximum atomic E-state index is 12.6. The van der Waals surface area contributed by atoms with Crippen LogP contribution in [0.3, 0.4) is 0 Å². The lowest BCUT2D eigenvalue weighted by Gasteiger charge is -2.11. The number of hydrogen-bond acceptors (Lipinski definition) is 5. The zero-order valence-corrected chi connectivity index (χ0v) is 16.9. The van der Waals surface area contributed by atoms with Gasteiger partial charge in [0, 0.05) is 23.5 Å². The number of sulfonamides is 1. The van der Waals surface area contributed by atoms with Crippen molar-refractivity contribution in [2.45, 2.75) is 13.5 Å². The molecule has 1 heterocycles. The number of anilines is 2. The van der Waals surface area contributed by atoms with E-state index in [0.717, 1.165) is 17.5 Å². The minimum atomic E-state index is -3.44. The van der Waals surface area contributed by atoms with Gasteiger partial charge in [-0.05, 0) is 48.9 Å². The van der Waals surface area contributed by atoms with Gasteiger partial charge >= 0.3 is 0 Å². The predicted octanol–water partition coefficient (Wildman–Crippen LogP) is 3.59. The number of benzene rings is 2. The summed E-state index contributed by atoms with van der Waals surface area (Å²) >= 11 is 0. The second-order valence-electron chi connectivity index (χ2n) is 6.50. The number of pyridine rings is 1. The first-order chi connectivity index (χ1) is 13.8. The highest BCUT2D eigenvalue weighted by atomic mass is 32.2. The molecule has 0 saturated heterocycles. The third kappa shape index (κ3) is 6.05. The van der Waals surface area contributed by atoms with E-state index in [1.165, 1.54) is 6.07 Å². The average molecular weight is 411 g/mol. The molecule has 0 aliphatic carbocycles. The number of carbonyl (C=O) groups is 1. The zero-order chi connectivity index (χ0) is 20.9. The van der Waals surface area contributed by atoms with Crippen LogP contribution in [0.5, 0.6) is 5.75 Å². The van der Waals surface area contributed by atoms with Gasteiger partial charge in [0.15, 0.2) is 0 Å². The minimum Gasteiger partial charge on any atom is -0.487 e. The lowest BCUT2D eigenvalue weighted by molar-refractivity contribution is 0.102. The molecule has 150 valence electrons. The number of nitrogens with one attached hydrogen (secondary N) is 2. The Morgan fingerprint density at radius 1 is 1.07 bits per heavy atom. The van der Waals surface area contributed by atoms with Crippen molar-refractivity contribution < 1.29 is 17.9 Å². The van der Waals surface area contributed by atoms with Crippen LogP contribution in [0.2, 0.25) is 0 Å². The molecule has 8 heteroatoms. The number of rotatable bonds is 7. The monoisotopic (exact) mass is 411 g/mol. The maximum Gasteiger partial charge on any atom is 0.255 e. The van der Waals surface area contributed by atoms with E-state index in [2.05, 4.69) is 15.0 Å². The smallest absolute Gasteiger partial charge is 0.255 e. The molecule has 0 unspecified atom stereocenters. The Labute approximate surface area is 169 Å². The van der Waals surface area contributed by atoms with Crippen molar-refractivity contribution in [1.29, 1.82) is 0 Å². The SMILES string of the molecule is Cc1ccc(C(=O)Nc2cccc(OCc3ccccn3)c2)cc1NS(C)(=O)=O. The van der Waals surface area contributed by atoms with Crippen LogP contribution in [0.1, 0.15) is 21.6 Å². The molecule has 0 saturated carbocycles. The highest BCUT2D eigenvalue weighted by Gasteiger charge is 2.11. The summed E-state index contributed by atoms with van der Waals surface area (Å²) in [6.07, 6.45) is 2.76. The minimum absolute atomic E-state index is 0.316. The Morgan fingerprint density at radius 2 is 1.90 bits per heavy atom. The highest BCUT2D eigenvalue weighted by Crippen LogP contribution is 2.21. The van der Waals surface area contributed by atoms with E-state index < -0.39 is 10.0 Å². The van der Waals surface area contributed by atoms with Gasteiger partial charge in [0.25, 0.3) is 5.91 Å². The van der Waals surface area contributed by atoms with E-state index in [4.69, 9.17) is 4.74 Å². The van der Waals surface area contributed by atoms with Gasteiger partial charge in [-0.3, -0.25) is 14.5 Å². The molecule has 0 bridgehead atoms. The van der Waals surface area contributed by atoms with Gasteiger partial charge in [-0.15, -0.1) is 0 Å². The summed E-state index contributed by atoms with van der Waals surface area (Å²) in [5.41, 5.74) is 2.78. The van der Waals surface area contributed by atoms with Crippen molar-refractivity contribution in [2.24, 2.45) is 0 Å². The first kappa shape index (κ1) is 20.3. The van der Waals surface area contributed by atoms with Gasteiger partial charge in [0.05, 0.1) is 17.6 Å². The predicted molar refractivity (Wildman–Crippen MR) is 113 cm³/mol. The molecule has 2 N–H and O–H groups in total. The van der Waals surface area contributed by atoms with Crippen LogP contribution in [-0.2, 0) is 16.6 Å². The molecule has 0 aliphatic heterocycles. The van der Waals surface area contributed by atoms with Crippen LogP contribution >= 0.6 is 0 Å². The highest BCUT2D eigenvalue weighted by molar-refractivity contribution is 7.92. The van der Waals surface area contributed by atoms with Crippen LogP contribution in [0.15, 0.2) is 66.9 Å². The van der Waals surface area contributed by atoms with E-state index in [1.807, 2.05) is 18.2 Å². The summed E-state index contributed by atoms with van der Waals surface area (Å²) in [6.45, 7) is 2.08. The molecule has 1 aromatic heterocycles. The number of hydrogen-bond donors (Lipinski definition) is 2. The first-order valence-electron chi connectivity index (χ1n) is 8.83. The molecule has 1 amide bonds. The van der Waals surface area contributed by atoms with Crippen molar-refractivity contribution >= 4 is 27.3 Å². The summed E-state index contributed by atoms with van der Waals surface area (Å²) in [5.74, 6) is 0.236. The molecule has 29 heavy (non-hydrogen) atoms. The largest absolute Gasteiger partial charge is 0.487 e. The van der Waals surface area contributed by atoms with E-state index in [0.29, 0.717) is 29.3 Å². The van der Waals surface area contributed by atoms with Gasteiger partial charge in [-0.25, -0.2) is 8.42 Å². The molecule has 0 atom stereocenters. The fraction of sp³-hybridized carbons (Fsp3) is 0.143. The Bertz CT molecular complexity index is 1120. The van der Waals surface area contributed by atoms with Crippen LogP contribution < -0.4 is 14.8 Å². The number of aromatic nitrogens is 1. The first-order valence-corrected chi connectivity index (χ1v) is 10.7. The molecular weight excluding hydrogens is 390 g/mol. The van der Waals surface area contributed by atoms with Crippen LogP contribution in [0.4, 0.5) is 11.4 Å². The molecule has 0 spiro atoms. The topological polar surface area (TPSA) is 97.4 Å². The fourth-order valence-electron chi connectivity index (χ4n) is 2.58. The van der Waals surface area contributed by atoms with Crippen molar-refractivity contribution in [3.8, 4) is 5.75 Å². The summed E-state index contributed by atoms with van der Waals surface area (Å²) < 4.78 is 31.1. The Morgan fingerprint density at radius 3 is 2.62 bits per heavy atom. The number of carbonyl (C=O) groups excluding carboxylic acids is 1. The summed E-state index contributed by atoms with van der Waals surface area (Å²) in [4.78, 5) is 16.8. The number of amides is 1. The molecule has 2 aromatic carbocycles. The summed E-state index contributed by atoms with van der Waals surface area (Å²) in [6, 6.07) is 17.4. The maximum absolute atomic E-state index is 12.6. The van der Waals surface area contributed by atoms with Crippen molar-refractivity contribution in [1.82, 2.24) is 4.98 Å². The number of nitrogens with zero attached hydrogens (tertiary/aromatic N) is 1. The summed E-state index contributed by atoms with van der Waals surface area (Å²) in [5, 5.41) is 2.79. The van der Waals surface area contributed by atoms with Gasteiger partial charge in [-0.1, -0.05) is 18.2 Å². The van der Waals surface area contributed by atoms with E-state index in [9.17, 15) is 13.2 Å². The van der Waals surface area contributed by atoms with E-state index in [1.54, 1.807) is 49.5 Å². The number of aryl methyl sites for hydroxylation is 1. The Hall–Kier alpha value is -3.39. The second-order valence-corrected chi connectivity index (χ2v) is 8.24. The molecule has 3 rings (SSSR count). The molecule has 0 aliphatic rings. The van der Waals surface area contributed by atoms with Gasteiger partial charge in [0.1, 0.15) is 12.4 Å². The third-order valence-electron chi connectivity index (χ3n) is 4.00. The van der Waals surface area contributed by atoms with Crippen LogP contribution in [0.25, 0.3) is 0 Å². The lowest BCUT2D eigenvalue weighted by atomic mass is 10.1. The Balaban J connectivity index is 1.70. The van der Waals surface area contributed by atoms with Gasteiger partial charge in [0.2, 0.25) is 10.0 Å². The normalized spacial score (nSPS) is 11.0. The van der Waals surface area contributed by atoms with E-state index >= 15 is 0 Å². The summed E-state index contributed by atoms with van der Waals surface area (Å²) in [7, 11) is -3.44. The molecule has 3 aromatic rings. The van der Waals surface area contributed by atoms with Gasteiger partial charge in [-0.2, -0.15) is 0 Å². The van der Waals surface area contributed by atoms with Crippen LogP contribution in [-0.4, -0.2) is 25.6 Å². The molecule has 0 fully saturated rings. The molecule has 7 nitrogen and oxygen atoms in total. The third-order valence-corrected chi connectivity index (χ3v) is 4.59. The lowest BCUT2D eigenvalue weighted by Crippen LogP contribution is -2.14. The molecular formula is C21H21N3O4S. The van der Waals surface area contributed by atoms with Crippen molar-refractivity contribution in [3.05, 3.63) is 83.7 Å². The van der Waals surface area contributed by atoms with Crippen molar-refractivity contribution in [3.63, 3.8) is 0 Å². The van der Waals surface area contributed by atoms with Crippen LogP contribution in [0, 0.1) is 6.92 Å². The standard InChI is InChI=1S/C21H21N3O4S/c1-15-9-10-16(12-20(15)24-29(2,26)27)21(25)23-17-7-5-8-19(13-17)28-14-18-6-3-4-11-22-18/h3-13,24H,14H2,1-2H3,(H,23,25).